The fraction of sp³-hybridized carbons (Fsp3) is 0.944. The first-order valence-electron chi connectivity index (χ1n) is 8.99. The van der Waals surface area contributed by atoms with Crippen LogP contribution >= 0.6 is 0 Å². The molecule has 0 saturated carbocycles. The Bertz CT molecular complexity index is 229. The molecule has 0 saturated heterocycles. The van der Waals surface area contributed by atoms with Crippen molar-refractivity contribution in [1.29, 1.82) is 0 Å². The summed E-state index contributed by atoms with van der Waals surface area (Å²) in [5.41, 5.74) is 0. The average molecular weight is 299 g/mol. The van der Waals surface area contributed by atoms with Crippen LogP contribution in [0.5, 0.6) is 0 Å². The average Bonchev–Trinajstić information content (AvgIpc) is 2.50. The molecule has 0 N–H and O–H groups in total. The van der Waals surface area contributed by atoms with Gasteiger partial charge in [-0.2, -0.15) is 0 Å². The number of oxime groups is 1. The lowest BCUT2D eigenvalue weighted by atomic mass is 10.0. The van der Waals surface area contributed by atoms with Crippen molar-refractivity contribution in [1.82, 2.24) is 0 Å². The number of nitrogens with zero attached hydrogens (tertiary/aromatic N) is 1. The zero-order chi connectivity index (χ0) is 15.6. The van der Waals surface area contributed by atoms with Gasteiger partial charge in [0.05, 0.1) is 7.11 Å². The maximum Gasteiger partial charge on any atom is 0.225 e. The van der Waals surface area contributed by atoms with Gasteiger partial charge < -0.3 is 9.57 Å². The number of rotatable bonds is 15. The topological polar surface area (TPSA) is 30.8 Å². The lowest BCUT2D eigenvalue weighted by Gasteiger charge is -2.04. The van der Waals surface area contributed by atoms with Crippen LogP contribution < -0.4 is 0 Å². The van der Waals surface area contributed by atoms with Gasteiger partial charge in [0.15, 0.2) is 0 Å². The van der Waals surface area contributed by atoms with E-state index < -0.39 is 0 Å². The van der Waals surface area contributed by atoms with Crippen LogP contribution in [0.4, 0.5) is 0 Å². The smallest absolute Gasteiger partial charge is 0.225 e. The minimum atomic E-state index is 0.709. The molecule has 0 unspecified atom stereocenters. The van der Waals surface area contributed by atoms with Crippen molar-refractivity contribution in [3.05, 3.63) is 0 Å². The molecule has 0 bridgehead atoms. The van der Waals surface area contributed by atoms with E-state index in [1.807, 2.05) is 0 Å². The summed E-state index contributed by atoms with van der Waals surface area (Å²) in [5.74, 6) is 0.709. The highest BCUT2D eigenvalue weighted by Gasteiger charge is 1.99. The van der Waals surface area contributed by atoms with Gasteiger partial charge in [0, 0.05) is 6.42 Å². The van der Waals surface area contributed by atoms with E-state index in [0.29, 0.717) is 5.90 Å². The minimum absolute atomic E-state index is 0.709. The van der Waals surface area contributed by atoms with Gasteiger partial charge in [-0.25, -0.2) is 0 Å². The molecule has 0 fully saturated rings. The van der Waals surface area contributed by atoms with Gasteiger partial charge in [-0.15, -0.1) is 0 Å². The number of unbranched alkanes of at least 4 members (excludes halogenated alkanes) is 12. The summed E-state index contributed by atoms with van der Waals surface area (Å²) < 4.78 is 5.12. The Hall–Kier alpha value is -0.730. The number of hydrogen-bond donors (Lipinski definition) is 0. The SMILES string of the molecule is CCCCCCCCCCCCCCC/C(=N/OC)OC. The third kappa shape index (κ3) is 15.5. The van der Waals surface area contributed by atoms with Crippen LogP contribution in [0, 0.1) is 0 Å². The molecule has 0 aromatic carbocycles. The molecule has 0 aliphatic heterocycles. The first-order valence-corrected chi connectivity index (χ1v) is 8.99. The molecule has 0 aromatic heterocycles. The van der Waals surface area contributed by atoms with Crippen molar-refractivity contribution < 1.29 is 9.57 Å². The molecule has 0 amide bonds. The van der Waals surface area contributed by atoms with Gasteiger partial charge in [-0.05, 0) is 6.42 Å². The first-order chi connectivity index (χ1) is 10.3. The summed E-state index contributed by atoms with van der Waals surface area (Å²) in [6, 6.07) is 0. The summed E-state index contributed by atoms with van der Waals surface area (Å²) in [7, 11) is 3.21. The summed E-state index contributed by atoms with van der Waals surface area (Å²) >= 11 is 0. The molecule has 0 radical (unpaired) electrons. The van der Waals surface area contributed by atoms with E-state index in [-0.39, 0.29) is 0 Å². The molecule has 0 aliphatic carbocycles. The number of hydrogen-bond acceptors (Lipinski definition) is 3. The van der Waals surface area contributed by atoms with Crippen LogP contribution in [0.25, 0.3) is 0 Å². The highest BCUT2D eigenvalue weighted by atomic mass is 16.6. The Morgan fingerprint density at radius 3 is 1.48 bits per heavy atom. The second kappa shape index (κ2) is 17.3. The highest BCUT2D eigenvalue weighted by molar-refractivity contribution is 5.75. The summed E-state index contributed by atoms with van der Waals surface area (Å²) in [5, 5.41) is 3.83. The Balaban J connectivity index is 3.14. The fourth-order valence-electron chi connectivity index (χ4n) is 2.58. The Kier molecular flexibility index (Phi) is 16.7. The zero-order valence-electron chi connectivity index (χ0n) is 14.7. The molecule has 0 aromatic rings. The second-order valence-corrected chi connectivity index (χ2v) is 5.86. The van der Waals surface area contributed by atoms with Crippen LogP contribution in [0.1, 0.15) is 96.8 Å². The standard InChI is InChI=1S/C18H37NO2/c1-4-5-6-7-8-9-10-11-12-13-14-15-16-17-18(20-2)19-21-3/h4-17H2,1-3H3/b19-18-. The Morgan fingerprint density at radius 2 is 1.10 bits per heavy atom. The fourth-order valence-corrected chi connectivity index (χ4v) is 2.58. The Labute approximate surface area is 132 Å². The van der Waals surface area contributed by atoms with Crippen LogP contribution in [0.2, 0.25) is 0 Å². The van der Waals surface area contributed by atoms with Crippen molar-refractivity contribution in [3.8, 4) is 0 Å². The van der Waals surface area contributed by atoms with Crippen molar-refractivity contribution in [2.75, 3.05) is 14.2 Å². The van der Waals surface area contributed by atoms with Gasteiger partial charge in [0.2, 0.25) is 5.90 Å². The van der Waals surface area contributed by atoms with Crippen LogP contribution in [-0.4, -0.2) is 20.1 Å². The summed E-state index contributed by atoms with van der Waals surface area (Å²) in [6.07, 6.45) is 18.8. The summed E-state index contributed by atoms with van der Waals surface area (Å²) in [6.45, 7) is 2.28. The van der Waals surface area contributed by atoms with Crippen molar-refractivity contribution in [3.63, 3.8) is 0 Å². The van der Waals surface area contributed by atoms with Gasteiger partial charge in [0.1, 0.15) is 7.11 Å². The maximum absolute atomic E-state index is 5.12. The van der Waals surface area contributed by atoms with E-state index in [9.17, 15) is 0 Å². The monoisotopic (exact) mass is 299 g/mol. The van der Waals surface area contributed by atoms with Crippen molar-refractivity contribution >= 4 is 5.90 Å². The Morgan fingerprint density at radius 1 is 0.667 bits per heavy atom. The van der Waals surface area contributed by atoms with Gasteiger partial charge >= 0.3 is 0 Å². The van der Waals surface area contributed by atoms with Gasteiger partial charge in [-0.3, -0.25) is 0 Å². The zero-order valence-corrected chi connectivity index (χ0v) is 14.7. The third-order valence-corrected chi connectivity index (χ3v) is 3.92. The molecule has 126 valence electrons. The van der Waals surface area contributed by atoms with E-state index in [2.05, 4.69) is 12.1 Å². The number of methoxy groups -OCH3 is 1. The van der Waals surface area contributed by atoms with E-state index in [0.717, 1.165) is 12.8 Å². The number of ether oxygens (including phenoxy) is 1. The molecule has 0 atom stereocenters. The predicted octanol–water partition coefficient (Wildman–Crippen LogP) is 6.07. The van der Waals surface area contributed by atoms with E-state index in [4.69, 9.17) is 9.57 Å². The maximum atomic E-state index is 5.12. The van der Waals surface area contributed by atoms with Crippen LogP contribution in [-0.2, 0) is 9.57 Å². The van der Waals surface area contributed by atoms with E-state index in [1.165, 1.54) is 77.0 Å². The third-order valence-electron chi connectivity index (χ3n) is 3.92. The quantitative estimate of drug-likeness (QED) is 0.159. The highest BCUT2D eigenvalue weighted by Crippen LogP contribution is 2.13. The molecule has 21 heavy (non-hydrogen) atoms. The van der Waals surface area contributed by atoms with Crippen LogP contribution in [0.3, 0.4) is 0 Å². The van der Waals surface area contributed by atoms with E-state index in [1.54, 1.807) is 14.2 Å². The molecule has 3 nitrogen and oxygen atoms in total. The summed E-state index contributed by atoms with van der Waals surface area (Å²) in [4.78, 5) is 4.72. The normalized spacial score (nSPS) is 11.7. The van der Waals surface area contributed by atoms with Crippen molar-refractivity contribution in [2.24, 2.45) is 5.16 Å². The van der Waals surface area contributed by atoms with Gasteiger partial charge in [0.25, 0.3) is 0 Å². The molecular formula is C18H37NO2. The van der Waals surface area contributed by atoms with Crippen LogP contribution in [0.15, 0.2) is 5.16 Å². The van der Waals surface area contributed by atoms with Crippen molar-refractivity contribution in [2.45, 2.75) is 96.8 Å². The second-order valence-electron chi connectivity index (χ2n) is 5.86. The van der Waals surface area contributed by atoms with E-state index >= 15 is 0 Å². The molecule has 0 heterocycles. The lowest BCUT2D eigenvalue weighted by Crippen LogP contribution is -2.01. The molecule has 0 aliphatic rings. The molecule has 0 spiro atoms. The molecule has 0 rings (SSSR count). The molecule has 3 heteroatoms. The predicted molar refractivity (Wildman–Crippen MR) is 91.8 cm³/mol. The first kappa shape index (κ1) is 20.3. The minimum Gasteiger partial charge on any atom is -0.482 e. The van der Waals surface area contributed by atoms with Gasteiger partial charge in [-0.1, -0.05) is 89.1 Å². The lowest BCUT2D eigenvalue weighted by molar-refractivity contribution is 0.196. The largest absolute Gasteiger partial charge is 0.482 e. The molecular weight excluding hydrogens is 262 g/mol.